The van der Waals surface area contributed by atoms with Gasteiger partial charge in [0.15, 0.2) is 0 Å². The fraction of sp³-hybridized carbons (Fsp3) is 0.222. The Labute approximate surface area is 110 Å². The van der Waals surface area contributed by atoms with Crippen molar-refractivity contribution in [2.75, 3.05) is 0 Å². The average Bonchev–Trinajstić information content (AvgIpc) is 2.43. The first kappa shape index (κ1) is 11.9. The summed E-state index contributed by atoms with van der Waals surface area (Å²) in [7, 11) is 0. The zero-order valence-electron chi connectivity index (χ0n) is 7.84. The Bertz CT molecular complexity index is 529. The SMILES string of the molecule is Cc1c(O)c2c(C)s[c-]c2[nH]c1=O.[Y]. The standard InChI is InChI=1S/C9H8NO2S.Y/c1-4-8(11)7-5(2)13-3-6(7)10-9(4)12;/h11H,1-2H3,(H,10,12);/q-1;. The third kappa shape index (κ3) is 1.66. The third-order valence-corrected chi connectivity index (χ3v) is 2.90. The summed E-state index contributed by atoms with van der Waals surface area (Å²) >= 11 is 1.39. The molecule has 2 aromatic heterocycles. The van der Waals surface area contributed by atoms with E-state index in [1.807, 2.05) is 6.92 Å². The topological polar surface area (TPSA) is 53.1 Å². The predicted molar refractivity (Wildman–Crippen MR) is 52.4 cm³/mol. The fourth-order valence-electron chi connectivity index (χ4n) is 1.28. The zero-order valence-corrected chi connectivity index (χ0v) is 11.5. The van der Waals surface area contributed by atoms with E-state index in [1.54, 1.807) is 6.92 Å². The number of hydrogen-bond donors (Lipinski definition) is 2. The summed E-state index contributed by atoms with van der Waals surface area (Å²) in [6.45, 7) is 3.49. The van der Waals surface area contributed by atoms with Gasteiger partial charge in [-0.05, 0) is 6.92 Å². The van der Waals surface area contributed by atoms with Gasteiger partial charge in [0.2, 0.25) is 0 Å². The predicted octanol–water partition coefficient (Wildman–Crippen LogP) is 1.71. The molecule has 0 saturated carbocycles. The molecule has 3 nitrogen and oxygen atoms in total. The second-order valence-electron chi connectivity index (χ2n) is 2.94. The number of nitrogens with one attached hydrogen (secondary N) is 1. The molecule has 2 heterocycles. The zero-order chi connectivity index (χ0) is 9.59. The van der Waals surface area contributed by atoms with E-state index in [0.717, 1.165) is 4.88 Å². The van der Waals surface area contributed by atoms with Crippen molar-refractivity contribution in [1.29, 1.82) is 0 Å². The largest absolute Gasteiger partial charge is 0.521 e. The molecule has 0 spiro atoms. The quantitative estimate of drug-likeness (QED) is 0.723. The van der Waals surface area contributed by atoms with Gasteiger partial charge in [0, 0.05) is 38.3 Å². The van der Waals surface area contributed by atoms with Gasteiger partial charge in [-0.15, -0.1) is 4.88 Å². The van der Waals surface area contributed by atoms with Gasteiger partial charge in [0.25, 0.3) is 5.56 Å². The molecule has 0 aliphatic heterocycles. The van der Waals surface area contributed by atoms with Crippen molar-refractivity contribution in [3.05, 3.63) is 26.2 Å². The summed E-state index contributed by atoms with van der Waals surface area (Å²) in [5.41, 5.74) is 0.706. The monoisotopic (exact) mass is 283 g/mol. The molecule has 5 heteroatoms. The molecule has 0 fully saturated rings. The van der Waals surface area contributed by atoms with Crippen molar-refractivity contribution in [1.82, 2.24) is 4.98 Å². The van der Waals surface area contributed by atoms with Crippen LogP contribution in [0.2, 0.25) is 0 Å². The van der Waals surface area contributed by atoms with Gasteiger partial charge in [0.05, 0.1) is 5.75 Å². The molecule has 0 aromatic carbocycles. The molecule has 1 radical (unpaired) electrons. The maximum absolute atomic E-state index is 11.2. The summed E-state index contributed by atoms with van der Waals surface area (Å²) in [4.78, 5) is 14.9. The number of rotatable bonds is 0. The second-order valence-corrected chi connectivity index (χ2v) is 3.96. The van der Waals surface area contributed by atoms with Crippen LogP contribution in [0.15, 0.2) is 4.79 Å². The Morgan fingerprint density at radius 2 is 2.07 bits per heavy atom. The van der Waals surface area contributed by atoms with Crippen LogP contribution < -0.4 is 5.56 Å². The van der Waals surface area contributed by atoms with Crippen LogP contribution in [0.5, 0.6) is 5.75 Å². The van der Waals surface area contributed by atoms with E-state index in [-0.39, 0.29) is 44.0 Å². The van der Waals surface area contributed by atoms with Gasteiger partial charge in [-0.3, -0.25) is 16.1 Å². The van der Waals surface area contributed by atoms with Crippen LogP contribution in [-0.4, -0.2) is 10.1 Å². The van der Waals surface area contributed by atoms with Crippen molar-refractivity contribution in [2.45, 2.75) is 13.8 Å². The van der Waals surface area contributed by atoms with Crippen LogP contribution in [0.1, 0.15) is 10.4 Å². The minimum absolute atomic E-state index is 0. The van der Waals surface area contributed by atoms with Gasteiger partial charge >= 0.3 is 0 Å². The molecule has 0 aliphatic rings. The van der Waals surface area contributed by atoms with E-state index in [0.29, 0.717) is 16.5 Å². The third-order valence-electron chi connectivity index (χ3n) is 2.08. The summed E-state index contributed by atoms with van der Waals surface area (Å²) in [5, 5.41) is 13.3. The molecule has 2 rings (SSSR count). The van der Waals surface area contributed by atoms with E-state index in [2.05, 4.69) is 10.4 Å². The first-order valence-corrected chi connectivity index (χ1v) is 4.65. The Morgan fingerprint density at radius 3 is 2.71 bits per heavy atom. The van der Waals surface area contributed by atoms with E-state index in [9.17, 15) is 9.90 Å². The summed E-state index contributed by atoms with van der Waals surface area (Å²) in [6.07, 6.45) is 0. The Balaban J connectivity index is 0.000000980. The van der Waals surface area contributed by atoms with Crippen LogP contribution in [0.3, 0.4) is 0 Å². The number of thiophene rings is 1. The maximum atomic E-state index is 11.2. The first-order chi connectivity index (χ1) is 6.11. The number of aromatic amines is 1. The molecule has 2 aromatic rings. The Hall–Kier alpha value is -0.186. The molecule has 0 atom stereocenters. The molecule has 14 heavy (non-hydrogen) atoms. The van der Waals surface area contributed by atoms with Crippen molar-refractivity contribution < 1.29 is 37.8 Å². The van der Waals surface area contributed by atoms with E-state index < -0.39 is 0 Å². The maximum Gasteiger partial charge on any atom is 0.252 e. The Kier molecular flexibility index (Phi) is 3.50. The second kappa shape index (κ2) is 4.13. The number of pyridine rings is 1. The number of aromatic hydroxyl groups is 1. The van der Waals surface area contributed by atoms with Gasteiger partial charge in [0.1, 0.15) is 0 Å². The average molecular weight is 283 g/mol. The molecule has 0 amide bonds. The summed E-state index contributed by atoms with van der Waals surface area (Å²) in [6, 6.07) is 0. The van der Waals surface area contributed by atoms with Gasteiger partial charge < -0.3 is 10.1 Å². The Morgan fingerprint density at radius 1 is 1.43 bits per heavy atom. The fourth-order valence-corrected chi connectivity index (χ4v) is 1.99. The number of aryl methyl sites for hydroxylation is 1. The van der Waals surface area contributed by atoms with E-state index in [1.165, 1.54) is 11.3 Å². The summed E-state index contributed by atoms with van der Waals surface area (Å²) < 4.78 is 0. The van der Waals surface area contributed by atoms with Crippen LogP contribution in [0, 0.1) is 19.2 Å². The van der Waals surface area contributed by atoms with Crippen LogP contribution in [0.25, 0.3) is 10.9 Å². The summed E-state index contributed by atoms with van der Waals surface area (Å²) in [5.74, 6) is 0.0775. The molecular weight excluding hydrogens is 275 g/mol. The van der Waals surface area contributed by atoms with Crippen molar-refractivity contribution >= 4 is 22.2 Å². The van der Waals surface area contributed by atoms with E-state index >= 15 is 0 Å². The van der Waals surface area contributed by atoms with E-state index in [4.69, 9.17) is 0 Å². The van der Waals surface area contributed by atoms with Crippen LogP contribution in [0.4, 0.5) is 0 Å². The van der Waals surface area contributed by atoms with Crippen molar-refractivity contribution in [2.24, 2.45) is 0 Å². The normalized spacial score (nSPS) is 10.1. The number of aromatic nitrogens is 1. The van der Waals surface area contributed by atoms with Crippen molar-refractivity contribution in [3.63, 3.8) is 0 Å². The minimum atomic E-state index is -0.251. The molecular formula is C9H8NO2SY-. The van der Waals surface area contributed by atoms with Crippen molar-refractivity contribution in [3.8, 4) is 5.75 Å². The van der Waals surface area contributed by atoms with Crippen LogP contribution in [-0.2, 0) is 32.7 Å². The minimum Gasteiger partial charge on any atom is -0.521 e. The number of H-pyrrole nitrogens is 1. The molecule has 0 aliphatic carbocycles. The smallest absolute Gasteiger partial charge is 0.252 e. The van der Waals surface area contributed by atoms with Gasteiger partial charge in [-0.25, -0.2) is 0 Å². The number of fused-ring (bicyclic) bond motifs is 1. The molecule has 2 N–H and O–H groups in total. The molecule has 0 unspecified atom stereocenters. The van der Waals surface area contributed by atoms with Gasteiger partial charge in [-0.1, -0.05) is 23.2 Å². The molecule has 0 bridgehead atoms. The molecule has 0 saturated heterocycles. The molecule has 71 valence electrons. The van der Waals surface area contributed by atoms with Crippen LogP contribution >= 0.6 is 11.3 Å². The first-order valence-electron chi connectivity index (χ1n) is 3.84. The van der Waals surface area contributed by atoms with Gasteiger partial charge in [-0.2, -0.15) is 0 Å². The number of hydrogen-bond acceptors (Lipinski definition) is 3.